The molecule has 3 heterocycles. The van der Waals surface area contributed by atoms with E-state index in [9.17, 15) is 29.1 Å². The maximum absolute atomic E-state index is 13.3. The lowest BCUT2D eigenvalue weighted by atomic mass is 9.81. The molecule has 4 N–H and O–H groups in total. The van der Waals surface area contributed by atoms with Gasteiger partial charge in [0.05, 0.1) is 6.04 Å². The van der Waals surface area contributed by atoms with Crippen LogP contribution in [0.1, 0.15) is 121 Å². The van der Waals surface area contributed by atoms with Crippen molar-refractivity contribution in [1.29, 1.82) is 0 Å². The Morgan fingerprint density at radius 3 is 2.63 bits per heavy atom. The number of fused-ring (bicyclic) bond motifs is 2. The van der Waals surface area contributed by atoms with Gasteiger partial charge in [-0.3, -0.25) is 34.3 Å². The summed E-state index contributed by atoms with van der Waals surface area (Å²) in [6, 6.07) is 16.7. The van der Waals surface area contributed by atoms with Crippen LogP contribution in [-0.4, -0.2) is 57.1 Å². The van der Waals surface area contributed by atoms with Gasteiger partial charge in [-0.05, 0) is 77.8 Å². The van der Waals surface area contributed by atoms with Gasteiger partial charge >= 0.3 is 0 Å². The Balaban J connectivity index is 1.13. The number of hydrogen-bond donors (Lipinski definition) is 4. The lowest BCUT2D eigenvalue weighted by molar-refractivity contribution is -0.137. The van der Waals surface area contributed by atoms with Crippen LogP contribution in [0.5, 0.6) is 5.75 Å². The van der Waals surface area contributed by atoms with Crippen LogP contribution in [-0.2, 0) is 26.3 Å². The van der Waals surface area contributed by atoms with Gasteiger partial charge in [0.2, 0.25) is 17.7 Å². The van der Waals surface area contributed by atoms with Gasteiger partial charge in [0.15, 0.2) is 0 Å². The third kappa shape index (κ3) is 7.98. The third-order valence-corrected chi connectivity index (χ3v) is 9.85. The molecule has 1 fully saturated rings. The molecule has 4 aromatic rings. The number of phenols is 1. The molecule has 6 rings (SSSR count). The maximum Gasteiger partial charge on any atom is 0.255 e. The maximum atomic E-state index is 13.3. The van der Waals surface area contributed by atoms with Crippen LogP contribution in [0.2, 0.25) is 0 Å². The van der Waals surface area contributed by atoms with Crippen LogP contribution in [0.25, 0.3) is 10.9 Å². The lowest BCUT2D eigenvalue weighted by Crippen LogP contribution is -2.52. The first-order chi connectivity index (χ1) is 25.9. The van der Waals surface area contributed by atoms with Crippen molar-refractivity contribution in [2.75, 3.05) is 6.54 Å². The second-order valence-electron chi connectivity index (χ2n) is 14.8. The Hall–Kier alpha value is -6.02. The number of amides is 5. The Bertz CT molecular complexity index is 2210. The number of nitrogens with zero attached hydrogens (tertiary/aromatic N) is 2. The molecule has 54 heavy (non-hydrogen) atoms. The Morgan fingerprint density at radius 1 is 1.07 bits per heavy atom. The summed E-state index contributed by atoms with van der Waals surface area (Å²) >= 11 is 0. The zero-order valence-corrected chi connectivity index (χ0v) is 31.0. The molecule has 0 aliphatic carbocycles. The molecule has 2 unspecified atom stereocenters. The highest BCUT2D eigenvalue weighted by Crippen LogP contribution is 2.40. The van der Waals surface area contributed by atoms with E-state index >= 15 is 0 Å². The molecule has 0 saturated carbocycles. The van der Waals surface area contributed by atoms with E-state index in [4.69, 9.17) is 0 Å². The SMILES string of the molecule is CCCC(=O)NC(c1cccc(C(=O)NCCCC#Cc2cccc3c2CN(C2CCC(=O)NC2=O)C3=O)c1)c1cc(C(C)(C)C)c2cccnc2c1O. The summed E-state index contributed by atoms with van der Waals surface area (Å²) in [4.78, 5) is 69.5. The van der Waals surface area contributed by atoms with Crippen molar-refractivity contribution in [2.24, 2.45) is 0 Å². The first kappa shape index (κ1) is 37.7. The van der Waals surface area contributed by atoms with Gasteiger partial charge in [0, 0.05) is 66.2 Å². The standard InChI is InChI=1S/C43H45N5O6/c1-5-12-35(49)46-37(31-24-33(43(2,3)4)30-18-11-22-44-38(30)39(31)51)27-15-9-16-28(23-27)40(52)45-21-8-6-7-13-26-14-10-17-29-32(26)25-48(42(29)54)34-19-20-36(50)47-41(34)53/h9-11,14-18,22-24,34,37,51H,5-6,8,12,19-21,25H2,1-4H3,(H,45,52)(H,46,49)(H,47,50,53). The molecule has 2 aliphatic rings. The number of piperidine rings is 1. The van der Waals surface area contributed by atoms with E-state index in [0.29, 0.717) is 72.0 Å². The second-order valence-corrected chi connectivity index (χ2v) is 14.8. The van der Waals surface area contributed by atoms with E-state index < -0.39 is 18.0 Å². The van der Waals surface area contributed by atoms with Crippen LogP contribution in [0, 0.1) is 11.8 Å². The van der Waals surface area contributed by atoms with Gasteiger partial charge in [-0.25, -0.2) is 0 Å². The van der Waals surface area contributed by atoms with E-state index in [2.05, 4.69) is 53.5 Å². The average Bonchev–Trinajstić information content (AvgIpc) is 3.48. The summed E-state index contributed by atoms with van der Waals surface area (Å²) in [6.45, 7) is 8.81. The summed E-state index contributed by atoms with van der Waals surface area (Å²) < 4.78 is 0. The van der Waals surface area contributed by atoms with E-state index in [1.165, 1.54) is 4.90 Å². The molecule has 0 bridgehead atoms. The number of benzene rings is 3. The monoisotopic (exact) mass is 727 g/mol. The number of nitrogens with one attached hydrogen (secondary N) is 3. The van der Waals surface area contributed by atoms with Crippen LogP contribution < -0.4 is 16.0 Å². The molecule has 1 saturated heterocycles. The molecule has 1 aromatic heterocycles. The van der Waals surface area contributed by atoms with Crippen molar-refractivity contribution in [2.45, 2.75) is 90.3 Å². The summed E-state index contributed by atoms with van der Waals surface area (Å²) in [5.41, 5.74) is 4.68. The summed E-state index contributed by atoms with van der Waals surface area (Å²) in [6.07, 6.45) is 4.15. The molecular weight excluding hydrogens is 683 g/mol. The fourth-order valence-electron chi connectivity index (χ4n) is 7.09. The predicted molar refractivity (Wildman–Crippen MR) is 204 cm³/mol. The number of aromatic hydroxyl groups is 1. The highest BCUT2D eigenvalue weighted by Gasteiger charge is 2.39. The molecule has 3 aromatic carbocycles. The number of carbonyl (C=O) groups is 5. The second kappa shape index (κ2) is 15.9. The molecular formula is C43H45N5O6. The highest BCUT2D eigenvalue weighted by atomic mass is 16.3. The quantitative estimate of drug-likeness (QED) is 0.0946. The average molecular weight is 728 g/mol. The Labute approximate surface area is 314 Å². The van der Waals surface area contributed by atoms with Crippen molar-refractivity contribution in [3.05, 3.63) is 106 Å². The van der Waals surface area contributed by atoms with Gasteiger partial charge in [-0.1, -0.05) is 63.8 Å². The van der Waals surface area contributed by atoms with Gasteiger partial charge < -0.3 is 20.6 Å². The Morgan fingerprint density at radius 2 is 1.87 bits per heavy atom. The predicted octanol–water partition coefficient (Wildman–Crippen LogP) is 5.57. The molecule has 278 valence electrons. The molecule has 0 spiro atoms. The van der Waals surface area contributed by atoms with Crippen molar-refractivity contribution in [3.8, 4) is 17.6 Å². The topological polar surface area (TPSA) is 158 Å². The van der Waals surface area contributed by atoms with Gasteiger partial charge in [-0.2, -0.15) is 0 Å². The van der Waals surface area contributed by atoms with Crippen molar-refractivity contribution >= 4 is 40.4 Å². The molecule has 5 amide bonds. The van der Waals surface area contributed by atoms with Gasteiger partial charge in [-0.15, -0.1) is 0 Å². The molecule has 11 heteroatoms. The molecule has 11 nitrogen and oxygen atoms in total. The normalized spacial score (nSPS) is 16.0. The minimum atomic E-state index is -0.731. The van der Waals surface area contributed by atoms with Crippen LogP contribution in [0.3, 0.4) is 0 Å². The molecule has 2 aliphatic heterocycles. The number of hydrogen-bond acceptors (Lipinski definition) is 7. The van der Waals surface area contributed by atoms with E-state index in [0.717, 1.165) is 16.5 Å². The first-order valence-electron chi connectivity index (χ1n) is 18.4. The number of phenolic OH excluding ortho intramolecular Hbond substituents is 1. The van der Waals surface area contributed by atoms with E-state index in [1.807, 2.05) is 37.3 Å². The third-order valence-electron chi connectivity index (χ3n) is 9.85. The number of pyridine rings is 1. The minimum absolute atomic E-state index is 0.0185. The lowest BCUT2D eigenvalue weighted by Gasteiger charge is -2.29. The van der Waals surface area contributed by atoms with Crippen LogP contribution in [0.15, 0.2) is 66.9 Å². The van der Waals surface area contributed by atoms with Gasteiger partial charge in [0.1, 0.15) is 17.3 Å². The number of unbranched alkanes of at least 4 members (excludes halogenated alkanes) is 1. The van der Waals surface area contributed by atoms with Crippen molar-refractivity contribution < 1.29 is 29.1 Å². The summed E-state index contributed by atoms with van der Waals surface area (Å²) in [5, 5.41) is 20.8. The van der Waals surface area contributed by atoms with Crippen molar-refractivity contribution in [3.63, 3.8) is 0 Å². The number of aromatic nitrogens is 1. The molecule has 0 radical (unpaired) electrons. The number of rotatable bonds is 10. The smallest absolute Gasteiger partial charge is 0.255 e. The summed E-state index contributed by atoms with van der Waals surface area (Å²) in [7, 11) is 0. The Kier molecular flexibility index (Phi) is 11.1. The molecule has 2 atom stereocenters. The van der Waals surface area contributed by atoms with Crippen molar-refractivity contribution in [1.82, 2.24) is 25.8 Å². The zero-order chi connectivity index (χ0) is 38.6. The number of carbonyl (C=O) groups excluding carboxylic acids is 5. The highest BCUT2D eigenvalue weighted by molar-refractivity contribution is 6.05. The van der Waals surface area contributed by atoms with Crippen LogP contribution >= 0.6 is 0 Å². The number of imide groups is 1. The summed E-state index contributed by atoms with van der Waals surface area (Å²) in [5.74, 6) is 4.81. The minimum Gasteiger partial charge on any atom is -0.505 e. The van der Waals surface area contributed by atoms with E-state index in [1.54, 1.807) is 36.5 Å². The largest absolute Gasteiger partial charge is 0.505 e. The first-order valence-corrected chi connectivity index (χ1v) is 18.4. The fourth-order valence-corrected chi connectivity index (χ4v) is 7.09. The van der Waals surface area contributed by atoms with Gasteiger partial charge in [0.25, 0.3) is 11.8 Å². The van der Waals surface area contributed by atoms with E-state index in [-0.39, 0.29) is 47.8 Å². The fraction of sp³-hybridized carbons (Fsp3) is 0.349. The van der Waals surface area contributed by atoms with Crippen LogP contribution in [0.4, 0.5) is 0 Å². The zero-order valence-electron chi connectivity index (χ0n) is 31.0.